The van der Waals surface area contributed by atoms with E-state index in [1.54, 1.807) is 18.2 Å². The average Bonchev–Trinajstić information content (AvgIpc) is 3.22. The molecule has 1 aromatic rings. The van der Waals surface area contributed by atoms with Gasteiger partial charge in [0.15, 0.2) is 11.5 Å². The van der Waals surface area contributed by atoms with E-state index in [4.69, 9.17) is 9.47 Å². The highest BCUT2D eigenvalue weighted by Crippen LogP contribution is 2.33. The fourth-order valence-corrected chi connectivity index (χ4v) is 4.55. The predicted molar refractivity (Wildman–Crippen MR) is 105 cm³/mol. The van der Waals surface area contributed by atoms with Crippen LogP contribution < -0.4 is 9.47 Å². The molecule has 1 saturated heterocycles. The molecule has 0 bridgehead atoms. The van der Waals surface area contributed by atoms with E-state index in [0.29, 0.717) is 49.7 Å². The monoisotopic (exact) mass is 386 g/mol. The van der Waals surface area contributed by atoms with E-state index in [1.165, 1.54) is 38.5 Å². The molecule has 0 unspecified atom stereocenters. The molecular formula is C22H30N2O4. The van der Waals surface area contributed by atoms with Gasteiger partial charge in [0.2, 0.25) is 12.7 Å². The zero-order valence-corrected chi connectivity index (χ0v) is 16.5. The number of fused-ring (bicyclic) bond motifs is 1. The molecule has 1 aromatic carbocycles. The zero-order chi connectivity index (χ0) is 19.3. The van der Waals surface area contributed by atoms with Gasteiger partial charge in [0.05, 0.1) is 0 Å². The third-order valence-corrected chi connectivity index (χ3v) is 6.27. The van der Waals surface area contributed by atoms with Gasteiger partial charge < -0.3 is 19.3 Å². The molecule has 4 rings (SSSR count). The maximum Gasteiger partial charge on any atom is 0.254 e. The molecule has 2 heterocycles. The van der Waals surface area contributed by atoms with Crippen LogP contribution in [0.15, 0.2) is 18.2 Å². The second kappa shape index (κ2) is 8.84. The van der Waals surface area contributed by atoms with Gasteiger partial charge in [-0.05, 0) is 37.0 Å². The highest BCUT2D eigenvalue weighted by molar-refractivity contribution is 5.95. The van der Waals surface area contributed by atoms with Crippen molar-refractivity contribution in [2.24, 2.45) is 5.92 Å². The summed E-state index contributed by atoms with van der Waals surface area (Å²) in [6, 6.07) is 5.30. The Kier molecular flexibility index (Phi) is 6.03. The predicted octanol–water partition coefficient (Wildman–Crippen LogP) is 3.45. The van der Waals surface area contributed by atoms with E-state index < -0.39 is 0 Å². The van der Waals surface area contributed by atoms with Crippen LogP contribution in [0.3, 0.4) is 0 Å². The number of hydrogen-bond donors (Lipinski definition) is 0. The molecule has 28 heavy (non-hydrogen) atoms. The SMILES string of the molecule is O=C(CCCC1CCCCC1)N1CCN(C(=O)c2ccc3c(c2)OCO3)CC1. The molecule has 3 aliphatic rings. The van der Waals surface area contributed by atoms with Gasteiger partial charge in [-0.1, -0.05) is 32.1 Å². The van der Waals surface area contributed by atoms with Crippen molar-refractivity contribution >= 4 is 11.8 Å². The Hall–Kier alpha value is -2.24. The first kappa shape index (κ1) is 19.1. The van der Waals surface area contributed by atoms with Crippen molar-refractivity contribution < 1.29 is 19.1 Å². The van der Waals surface area contributed by atoms with Crippen molar-refractivity contribution in [1.82, 2.24) is 9.80 Å². The minimum Gasteiger partial charge on any atom is -0.454 e. The van der Waals surface area contributed by atoms with Gasteiger partial charge in [0, 0.05) is 38.2 Å². The topological polar surface area (TPSA) is 59.1 Å². The number of ether oxygens (including phenoxy) is 2. The Balaban J connectivity index is 1.21. The lowest BCUT2D eigenvalue weighted by Gasteiger charge is -2.35. The molecule has 1 aliphatic carbocycles. The van der Waals surface area contributed by atoms with Gasteiger partial charge in [-0.15, -0.1) is 0 Å². The van der Waals surface area contributed by atoms with Crippen molar-refractivity contribution in [2.45, 2.75) is 51.4 Å². The molecule has 6 nitrogen and oxygen atoms in total. The molecule has 2 aliphatic heterocycles. The normalized spacial score (nSPS) is 19.7. The Morgan fingerprint density at radius 2 is 1.64 bits per heavy atom. The Morgan fingerprint density at radius 3 is 2.43 bits per heavy atom. The number of amides is 2. The summed E-state index contributed by atoms with van der Waals surface area (Å²) in [4.78, 5) is 29.0. The van der Waals surface area contributed by atoms with Crippen molar-refractivity contribution in [3.8, 4) is 11.5 Å². The number of carbonyl (C=O) groups is 2. The van der Waals surface area contributed by atoms with Crippen LogP contribution in [-0.2, 0) is 4.79 Å². The summed E-state index contributed by atoms with van der Waals surface area (Å²) in [5.41, 5.74) is 0.608. The van der Waals surface area contributed by atoms with Gasteiger partial charge in [-0.3, -0.25) is 9.59 Å². The third-order valence-electron chi connectivity index (χ3n) is 6.27. The quantitative estimate of drug-likeness (QED) is 0.778. The van der Waals surface area contributed by atoms with Crippen molar-refractivity contribution in [1.29, 1.82) is 0 Å². The lowest BCUT2D eigenvalue weighted by molar-refractivity contribution is -0.132. The summed E-state index contributed by atoms with van der Waals surface area (Å²) in [6.07, 6.45) is 9.62. The van der Waals surface area contributed by atoms with Crippen LogP contribution in [0.4, 0.5) is 0 Å². The number of benzene rings is 1. The molecule has 0 N–H and O–H groups in total. The second-order valence-electron chi connectivity index (χ2n) is 8.14. The molecule has 0 radical (unpaired) electrons. The van der Waals surface area contributed by atoms with E-state index in [9.17, 15) is 9.59 Å². The summed E-state index contributed by atoms with van der Waals surface area (Å²) in [5, 5.41) is 0. The lowest BCUT2D eigenvalue weighted by Crippen LogP contribution is -2.50. The first-order chi connectivity index (χ1) is 13.7. The molecule has 152 valence electrons. The molecular weight excluding hydrogens is 356 g/mol. The Labute approximate surface area is 166 Å². The summed E-state index contributed by atoms with van der Waals surface area (Å²) >= 11 is 0. The van der Waals surface area contributed by atoms with Crippen LogP contribution in [0.2, 0.25) is 0 Å². The van der Waals surface area contributed by atoms with Crippen LogP contribution in [0.25, 0.3) is 0 Å². The van der Waals surface area contributed by atoms with Crippen LogP contribution in [0, 0.1) is 5.92 Å². The van der Waals surface area contributed by atoms with Gasteiger partial charge >= 0.3 is 0 Å². The van der Waals surface area contributed by atoms with Gasteiger partial charge in [-0.2, -0.15) is 0 Å². The number of nitrogens with zero attached hydrogens (tertiary/aromatic N) is 2. The fourth-order valence-electron chi connectivity index (χ4n) is 4.55. The number of piperazine rings is 1. The zero-order valence-electron chi connectivity index (χ0n) is 16.5. The van der Waals surface area contributed by atoms with Crippen molar-refractivity contribution in [2.75, 3.05) is 33.0 Å². The summed E-state index contributed by atoms with van der Waals surface area (Å²) in [7, 11) is 0. The maximum atomic E-state index is 12.7. The van der Waals surface area contributed by atoms with Gasteiger partial charge in [-0.25, -0.2) is 0 Å². The summed E-state index contributed by atoms with van der Waals surface area (Å²) in [6.45, 7) is 2.62. The molecule has 6 heteroatoms. The second-order valence-corrected chi connectivity index (χ2v) is 8.14. The maximum absolute atomic E-state index is 12.7. The third kappa shape index (κ3) is 4.42. The number of rotatable bonds is 5. The molecule has 0 atom stereocenters. The smallest absolute Gasteiger partial charge is 0.254 e. The van der Waals surface area contributed by atoms with Crippen LogP contribution in [-0.4, -0.2) is 54.6 Å². The molecule has 0 spiro atoms. The van der Waals surface area contributed by atoms with E-state index in [0.717, 1.165) is 12.3 Å². The lowest BCUT2D eigenvalue weighted by atomic mass is 9.86. The highest BCUT2D eigenvalue weighted by Gasteiger charge is 2.26. The molecule has 0 aromatic heterocycles. The number of carbonyl (C=O) groups excluding carboxylic acids is 2. The molecule has 2 fully saturated rings. The largest absolute Gasteiger partial charge is 0.454 e. The average molecular weight is 386 g/mol. The van der Waals surface area contributed by atoms with E-state index in [2.05, 4.69) is 0 Å². The minimum atomic E-state index is -0.0114. The van der Waals surface area contributed by atoms with Crippen molar-refractivity contribution in [3.63, 3.8) is 0 Å². The Morgan fingerprint density at radius 1 is 0.929 bits per heavy atom. The Bertz CT molecular complexity index is 706. The summed E-state index contributed by atoms with van der Waals surface area (Å²) < 4.78 is 10.7. The van der Waals surface area contributed by atoms with Gasteiger partial charge in [0.1, 0.15) is 0 Å². The van der Waals surface area contributed by atoms with E-state index >= 15 is 0 Å². The summed E-state index contributed by atoms with van der Waals surface area (Å²) in [5.74, 6) is 2.37. The highest BCUT2D eigenvalue weighted by atomic mass is 16.7. The van der Waals surface area contributed by atoms with Crippen LogP contribution in [0.1, 0.15) is 61.7 Å². The first-order valence-corrected chi connectivity index (χ1v) is 10.7. The standard InChI is InChI=1S/C22H30N2O4/c25-21(8-4-7-17-5-2-1-3-6-17)23-11-13-24(14-12-23)22(26)18-9-10-19-20(15-18)28-16-27-19/h9-10,15,17H,1-8,11-14,16H2. The minimum absolute atomic E-state index is 0.0114. The van der Waals surface area contributed by atoms with Crippen LogP contribution in [0.5, 0.6) is 11.5 Å². The van der Waals surface area contributed by atoms with E-state index in [-0.39, 0.29) is 18.6 Å². The van der Waals surface area contributed by atoms with Gasteiger partial charge in [0.25, 0.3) is 5.91 Å². The first-order valence-electron chi connectivity index (χ1n) is 10.7. The van der Waals surface area contributed by atoms with Crippen LogP contribution >= 0.6 is 0 Å². The number of hydrogen-bond acceptors (Lipinski definition) is 4. The fraction of sp³-hybridized carbons (Fsp3) is 0.636. The van der Waals surface area contributed by atoms with Crippen molar-refractivity contribution in [3.05, 3.63) is 23.8 Å². The molecule has 1 saturated carbocycles. The van der Waals surface area contributed by atoms with E-state index in [1.807, 2.05) is 9.80 Å². The molecule has 2 amide bonds.